The summed E-state index contributed by atoms with van der Waals surface area (Å²) >= 11 is 9.56. The number of aromatic amines is 1. The number of anilines is 1. The van der Waals surface area contributed by atoms with E-state index in [-0.39, 0.29) is 0 Å². The molecule has 0 aliphatic rings. The van der Waals surface area contributed by atoms with Crippen molar-refractivity contribution in [3.8, 4) is 22.4 Å². The minimum absolute atomic E-state index is 0.478. The molecule has 5 heteroatoms. The Balaban J connectivity index is 2.21. The van der Waals surface area contributed by atoms with Gasteiger partial charge >= 0.3 is 0 Å². The molecule has 3 aromatic rings. The molecule has 0 bridgehead atoms. The number of nitrogens with two attached hydrogens (primary N) is 1. The number of nitrogens with zero attached hydrogens (tertiary/aromatic N) is 1. The van der Waals surface area contributed by atoms with Gasteiger partial charge in [-0.15, -0.1) is 0 Å². The van der Waals surface area contributed by atoms with Crippen LogP contribution >= 0.6 is 27.5 Å². The summed E-state index contributed by atoms with van der Waals surface area (Å²) in [6.07, 6.45) is 0. The van der Waals surface area contributed by atoms with Crippen LogP contribution in [0.15, 0.2) is 46.9 Å². The Labute approximate surface area is 136 Å². The summed E-state index contributed by atoms with van der Waals surface area (Å²) in [6.45, 7) is 2.04. The standard InChI is InChI=1S/C16H13BrClN3/c1-9-2-7-12(18)8-13(9)15-14(16(19)21-20-15)10-3-5-11(17)6-4-10/h2-8H,1H3,(H3,19,20,21). The zero-order chi connectivity index (χ0) is 15.0. The molecule has 0 saturated heterocycles. The van der Waals surface area contributed by atoms with Gasteiger partial charge in [0.05, 0.1) is 11.3 Å². The molecule has 21 heavy (non-hydrogen) atoms. The van der Waals surface area contributed by atoms with Gasteiger partial charge in [0.15, 0.2) is 5.82 Å². The monoisotopic (exact) mass is 361 g/mol. The lowest BCUT2D eigenvalue weighted by Crippen LogP contribution is -1.90. The Morgan fingerprint density at radius 2 is 1.86 bits per heavy atom. The smallest absolute Gasteiger partial charge is 0.153 e. The number of nitrogens with one attached hydrogen (secondary N) is 1. The van der Waals surface area contributed by atoms with Crippen molar-refractivity contribution < 1.29 is 0 Å². The van der Waals surface area contributed by atoms with Crippen LogP contribution in [-0.4, -0.2) is 10.2 Å². The average Bonchev–Trinajstić information content (AvgIpc) is 2.84. The molecule has 0 aliphatic heterocycles. The van der Waals surface area contributed by atoms with Crippen molar-refractivity contribution in [3.05, 3.63) is 57.5 Å². The maximum absolute atomic E-state index is 6.12. The maximum Gasteiger partial charge on any atom is 0.153 e. The Hall–Kier alpha value is -1.78. The number of H-pyrrole nitrogens is 1. The lowest BCUT2D eigenvalue weighted by Gasteiger charge is -2.08. The topological polar surface area (TPSA) is 54.7 Å². The van der Waals surface area contributed by atoms with Gasteiger partial charge in [0.1, 0.15) is 0 Å². The van der Waals surface area contributed by atoms with Crippen molar-refractivity contribution in [2.45, 2.75) is 6.92 Å². The van der Waals surface area contributed by atoms with Gasteiger partial charge in [0.2, 0.25) is 0 Å². The van der Waals surface area contributed by atoms with E-state index in [1.165, 1.54) is 0 Å². The highest BCUT2D eigenvalue weighted by molar-refractivity contribution is 9.10. The van der Waals surface area contributed by atoms with Crippen LogP contribution in [0.5, 0.6) is 0 Å². The van der Waals surface area contributed by atoms with Crippen LogP contribution < -0.4 is 5.73 Å². The first-order valence-electron chi connectivity index (χ1n) is 6.42. The number of hydrogen-bond acceptors (Lipinski definition) is 2. The van der Waals surface area contributed by atoms with E-state index in [2.05, 4.69) is 26.1 Å². The number of hydrogen-bond donors (Lipinski definition) is 2. The zero-order valence-corrected chi connectivity index (χ0v) is 13.7. The van der Waals surface area contributed by atoms with Gasteiger partial charge in [-0.1, -0.05) is 45.7 Å². The van der Waals surface area contributed by atoms with E-state index < -0.39 is 0 Å². The van der Waals surface area contributed by atoms with Crippen LogP contribution in [0.1, 0.15) is 5.56 Å². The fourth-order valence-electron chi connectivity index (χ4n) is 2.32. The van der Waals surface area contributed by atoms with Crippen molar-refractivity contribution >= 4 is 33.3 Å². The lowest BCUT2D eigenvalue weighted by atomic mass is 9.98. The summed E-state index contributed by atoms with van der Waals surface area (Å²) in [5.41, 5.74) is 11.0. The van der Waals surface area contributed by atoms with Crippen LogP contribution in [0, 0.1) is 6.92 Å². The summed E-state index contributed by atoms with van der Waals surface area (Å²) in [5.74, 6) is 0.478. The summed E-state index contributed by atoms with van der Waals surface area (Å²) in [6, 6.07) is 13.8. The van der Waals surface area contributed by atoms with E-state index in [9.17, 15) is 0 Å². The highest BCUT2D eigenvalue weighted by Gasteiger charge is 2.16. The van der Waals surface area contributed by atoms with Crippen molar-refractivity contribution in [2.24, 2.45) is 0 Å². The second-order valence-electron chi connectivity index (χ2n) is 4.82. The summed E-state index contributed by atoms with van der Waals surface area (Å²) in [5, 5.41) is 7.87. The van der Waals surface area contributed by atoms with Crippen molar-refractivity contribution in [3.63, 3.8) is 0 Å². The molecule has 1 aromatic heterocycles. The summed E-state index contributed by atoms with van der Waals surface area (Å²) in [4.78, 5) is 0. The van der Waals surface area contributed by atoms with Crippen LogP contribution in [0.4, 0.5) is 5.82 Å². The van der Waals surface area contributed by atoms with Crippen LogP contribution in [0.25, 0.3) is 22.4 Å². The van der Waals surface area contributed by atoms with E-state index in [0.717, 1.165) is 32.4 Å². The molecule has 2 aromatic carbocycles. The van der Waals surface area contributed by atoms with Crippen LogP contribution in [0.3, 0.4) is 0 Å². The van der Waals surface area contributed by atoms with Crippen LogP contribution in [-0.2, 0) is 0 Å². The van der Waals surface area contributed by atoms with E-state index >= 15 is 0 Å². The highest BCUT2D eigenvalue weighted by atomic mass is 79.9. The number of aromatic nitrogens is 2. The first kappa shape index (κ1) is 14.2. The zero-order valence-electron chi connectivity index (χ0n) is 11.3. The van der Waals surface area contributed by atoms with E-state index in [0.29, 0.717) is 10.8 Å². The third-order valence-corrected chi connectivity index (χ3v) is 4.16. The Kier molecular flexibility index (Phi) is 3.74. The minimum atomic E-state index is 0.478. The van der Waals surface area contributed by atoms with E-state index in [1.54, 1.807) is 0 Å². The third kappa shape index (κ3) is 2.69. The molecule has 0 fully saturated rings. The maximum atomic E-state index is 6.12. The Morgan fingerprint density at radius 1 is 1.14 bits per heavy atom. The Morgan fingerprint density at radius 3 is 2.57 bits per heavy atom. The Bertz CT molecular complexity index is 794. The molecule has 3 nitrogen and oxygen atoms in total. The highest BCUT2D eigenvalue weighted by Crippen LogP contribution is 2.37. The van der Waals surface area contributed by atoms with Gasteiger partial charge in [-0.25, -0.2) is 0 Å². The van der Waals surface area contributed by atoms with Gasteiger partial charge in [-0.2, -0.15) is 5.10 Å². The molecule has 0 aliphatic carbocycles. The second-order valence-corrected chi connectivity index (χ2v) is 6.18. The van der Waals surface area contributed by atoms with Crippen molar-refractivity contribution in [2.75, 3.05) is 5.73 Å². The van der Waals surface area contributed by atoms with Crippen LogP contribution in [0.2, 0.25) is 5.02 Å². The quantitative estimate of drug-likeness (QED) is 0.670. The molecular weight excluding hydrogens is 350 g/mol. The molecule has 0 spiro atoms. The molecule has 106 valence electrons. The molecule has 0 radical (unpaired) electrons. The fraction of sp³-hybridized carbons (Fsp3) is 0.0625. The third-order valence-electron chi connectivity index (χ3n) is 3.40. The average molecular weight is 363 g/mol. The molecule has 3 rings (SSSR count). The fourth-order valence-corrected chi connectivity index (χ4v) is 2.76. The van der Waals surface area contributed by atoms with Gasteiger partial charge in [0, 0.05) is 15.1 Å². The van der Waals surface area contributed by atoms with Gasteiger partial charge in [0.25, 0.3) is 0 Å². The lowest BCUT2D eigenvalue weighted by molar-refractivity contribution is 1.10. The summed E-state index contributed by atoms with van der Waals surface area (Å²) in [7, 11) is 0. The predicted octanol–water partition coefficient (Wildman–Crippen LogP) is 5.05. The largest absolute Gasteiger partial charge is 0.382 e. The minimum Gasteiger partial charge on any atom is -0.382 e. The number of nitrogen functional groups attached to an aromatic ring is 1. The van der Waals surface area contributed by atoms with Crippen molar-refractivity contribution in [1.82, 2.24) is 10.2 Å². The first-order chi connectivity index (χ1) is 10.1. The van der Waals surface area contributed by atoms with Crippen molar-refractivity contribution in [1.29, 1.82) is 0 Å². The van der Waals surface area contributed by atoms with E-state index in [1.807, 2.05) is 49.4 Å². The second kappa shape index (κ2) is 5.54. The molecule has 0 unspecified atom stereocenters. The molecule has 0 saturated carbocycles. The van der Waals surface area contributed by atoms with E-state index in [4.69, 9.17) is 17.3 Å². The number of rotatable bonds is 2. The summed E-state index contributed by atoms with van der Waals surface area (Å²) < 4.78 is 1.02. The molecule has 1 heterocycles. The molecule has 3 N–H and O–H groups in total. The van der Waals surface area contributed by atoms with Gasteiger partial charge in [-0.3, -0.25) is 5.10 Å². The number of aryl methyl sites for hydroxylation is 1. The molecule has 0 amide bonds. The molecular formula is C16H13BrClN3. The van der Waals surface area contributed by atoms with Gasteiger partial charge in [-0.05, 0) is 42.3 Å². The number of benzene rings is 2. The first-order valence-corrected chi connectivity index (χ1v) is 7.59. The molecule has 0 atom stereocenters. The SMILES string of the molecule is Cc1ccc(Cl)cc1-c1[nH]nc(N)c1-c1ccc(Br)cc1. The van der Waals surface area contributed by atoms with Gasteiger partial charge < -0.3 is 5.73 Å². The predicted molar refractivity (Wildman–Crippen MR) is 91.3 cm³/mol. The normalized spacial score (nSPS) is 10.8. The number of halogens is 2.